The molecule has 2 aromatic rings. The van der Waals surface area contributed by atoms with Crippen molar-refractivity contribution in [2.45, 2.75) is 59.3 Å². The summed E-state index contributed by atoms with van der Waals surface area (Å²) < 4.78 is 16.2. The summed E-state index contributed by atoms with van der Waals surface area (Å²) in [4.78, 5) is 36.5. The van der Waals surface area contributed by atoms with E-state index in [2.05, 4.69) is 27.4 Å². The van der Waals surface area contributed by atoms with Crippen LogP contribution in [0.25, 0.3) is 6.08 Å². The van der Waals surface area contributed by atoms with Gasteiger partial charge in [-0.25, -0.2) is 9.59 Å². The van der Waals surface area contributed by atoms with Gasteiger partial charge in [-0.2, -0.15) is 0 Å². The molecule has 208 valence electrons. The lowest BCUT2D eigenvalue weighted by molar-refractivity contribution is -0.137. The minimum absolute atomic E-state index is 0.0940. The second-order valence-electron chi connectivity index (χ2n) is 10.4. The molecule has 1 fully saturated rings. The van der Waals surface area contributed by atoms with Gasteiger partial charge in [-0.1, -0.05) is 39.5 Å². The summed E-state index contributed by atoms with van der Waals surface area (Å²) in [6, 6.07) is 14.1. The maximum Gasteiger partial charge on any atom is 0.343 e. The van der Waals surface area contributed by atoms with Crippen LogP contribution in [0.15, 0.2) is 66.8 Å². The summed E-state index contributed by atoms with van der Waals surface area (Å²) in [5, 5.41) is 0. The van der Waals surface area contributed by atoms with E-state index in [1.807, 2.05) is 18.2 Å². The largest absolute Gasteiger partial charge is 0.494 e. The molecule has 0 unspecified atom stereocenters. The summed E-state index contributed by atoms with van der Waals surface area (Å²) in [7, 11) is 0. The number of ketones is 1. The molecule has 0 aromatic heterocycles. The first kappa shape index (κ1) is 29.9. The molecule has 0 aliphatic heterocycles. The van der Waals surface area contributed by atoms with Gasteiger partial charge in [0.15, 0.2) is 5.78 Å². The summed E-state index contributed by atoms with van der Waals surface area (Å²) in [6.45, 7) is 10.7. The molecule has 1 aliphatic carbocycles. The molecule has 3 rings (SSSR count). The molecule has 1 saturated carbocycles. The molecule has 0 spiro atoms. The van der Waals surface area contributed by atoms with E-state index < -0.39 is 5.97 Å². The fourth-order valence-electron chi connectivity index (χ4n) is 4.67. The van der Waals surface area contributed by atoms with E-state index in [-0.39, 0.29) is 23.6 Å². The highest BCUT2D eigenvalue weighted by atomic mass is 16.5. The number of hydrogen-bond acceptors (Lipinski definition) is 6. The van der Waals surface area contributed by atoms with Gasteiger partial charge in [0.2, 0.25) is 0 Å². The second-order valence-corrected chi connectivity index (χ2v) is 10.4. The molecule has 0 N–H and O–H groups in total. The van der Waals surface area contributed by atoms with Crippen LogP contribution in [0.1, 0.15) is 75.2 Å². The number of carbonyl (C=O) groups is 3. The van der Waals surface area contributed by atoms with Crippen molar-refractivity contribution < 1.29 is 28.6 Å². The average molecular weight is 533 g/mol. The van der Waals surface area contributed by atoms with Gasteiger partial charge in [0.25, 0.3) is 0 Å². The van der Waals surface area contributed by atoms with Crippen LogP contribution in [0.5, 0.6) is 11.5 Å². The highest BCUT2D eigenvalue weighted by Gasteiger charge is 2.32. The number of esters is 2. The highest BCUT2D eigenvalue weighted by molar-refractivity contribution is 6.02. The first-order valence-corrected chi connectivity index (χ1v) is 13.9. The van der Waals surface area contributed by atoms with Gasteiger partial charge in [0.1, 0.15) is 11.5 Å². The van der Waals surface area contributed by atoms with Gasteiger partial charge >= 0.3 is 11.9 Å². The quantitative estimate of drug-likeness (QED) is 0.117. The van der Waals surface area contributed by atoms with Gasteiger partial charge in [0, 0.05) is 12.0 Å². The Morgan fingerprint density at radius 3 is 2.21 bits per heavy atom. The number of ether oxygens (including phenoxy) is 3. The Hall–Kier alpha value is -3.67. The van der Waals surface area contributed by atoms with Crippen LogP contribution < -0.4 is 9.47 Å². The smallest absolute Gasteiger partial charge is 0.343 e. The molecule has 0 radical (unpaired) electrons. The molecule has 0 bridgehead atoms. The molecule has 39 heavy (non-hydrogen) atoms. The fourth-order valence-corrected chi connectivity index (χ4v) is 4.67. The van der Waals surface area contributed by atoms with E-state index >= 15 is 0 Å². The zero-order chi connectivity index (χ0) is 28.2. The predicted molar refractivity (Wildman–Crippen MR) is 153 cm³/mol. The molecular formula is C33H40O6. The minimum Gasteiger partial charge on any atom is -0.494 e. The van der Waals surface area contributed by atoms with Gasteiger partial charge in [-0.15, -0.1) is 0 Å². The molecule has 2 aromatic carbocycles. The van der Waals surface area contributed by atoms with E-state index in [0.29, 0.717) is 36.2 Å². The summed E-state index contributed by atoms with van der Waals surface area (Å²) in [5.74, 6) is 1.25. The molecule has 2 atom stereocenters. The van der Waals surface area contributed by atoms with E-state index in [9.17, 15) is 14.4 Å². The van der Waals surface area contributed by atoms with Crippen LogP contribution in [0.2, 0.25) is 0 Å². The van der Waals surface area contributed by atoms with Crippen molar-refractivity contribution in [1.82, 2.24) is 0 Å². The van der Waals surface area contributed by atoms with Crippen molar-refractivity contribution in [2.24, 2.45) is 17.8 Å². The third-order valence-corrected chi connectivity index (χ3v) is 7.09. The topological polar surface area (TPSA) is 78.9 Å². The number of carbonyl (C=O) groups excluding carboxylic acids is 3. The molecule has 0 saturated heterocycles. The lowest BCUT2D eigenvalue weighted by atomic mass is 9.73. The average Bonchev–Trinajstić information content (AvgIpc) is 2.93. The highest BCUT2D eigenvalue weighted by Crippen LogP contribution is 2.35. The van der Waals surface area contributed by atoms with Crippen molar-refractivity contribution >= 4 is 23.8 Å². The standard InChI is InChI=1S/C33H40O6/c1-5-31(34)38-21-9-7-6-8-20-37-27-17-13-26(14-18-27)33(36)39-28-15-11-25(12-16-28)22-30-24(4)10-19-29(23(2)3)32(30)35/h5,11-18,22-24,29H,1,6-10,19-21H2,2-4H3/b30-22+/t24-,29+/m0/s1. The minimum atomic E-state index is -0.444. The molecular weight excluding hydrogens is 492 g/mol. The van der Waals surface area contributed by atoms with Gasteiger partial charge < -0.3 is 14.2 Å². The predicted octanol–water partition coefficient (Wildman–Crippen LogP) is 7.23. The van der Waals surface area contributed by atoms with Crippen molar-refractivity contribution in [3.05, 3.63) is 77.9 Å². The number of hydrogen-bond donors (Lipinski definition) is 0. The van der Waals surface area contributed by atoms with Crippen molar-refractivity contribution in [2.75, 3.05) is 13.2 Å². The Kier molecular flexibility index (Phi) is 11.5. The zero-order valence-electron chi connectivity index (χ0n) is 23.3. The van der Waals surface area contributed by atoms with Crippen LogP contribution in [-0.2, 0) is 14.3 Å². The lowest BCUT2D eigenvalue weighted by Crippen LogP contribution is -2.30. The molecule has 1 aliphatic rings. The van der Waals surface area contributed by atoms with Crippen LogP contribution >= 0.6 is 0 Å². The van der Waals surface area contributed by atoms with Gasteiger partial charge in [0.05, 0.1) is 18.8 Å². The number of Topliss-reactive ketones (excluding diaryl/α,β-unsaturated/α-hetero) is 1. The van der Waals surface area contributed by atoms with E-state index in [4.69, 9.17) is 14.2 Å². The van der Waals surface area contributed by atoms with Crippen LogP contribution in [0, 0.1) is 17.8 Å². The Balaban J connectivity index is 1.44. The molecule has 6 heteroatoms. The summed E-state index contributed by atoms with van der Waals surface area (Å²) in [6.07, 6.45) is 8.75. The van der Waals surface area contributed by atoms with E-state index in [0.717, 1.165) is 49.7 Å². The fraction of sp³-hybridized carbons (Fsp3) is 0.424. The lowest BCUT2D eigenvalue weighted by Gasteiger charge is -2.30. The third-order valence-electron chi connectivity index (χ3n) is 7.09. The maximum absolute atomic E-state index is 13.0. The Bertz CT molecular complexity index is 1140. The van der Waals surface area contributed by atoms with Crippen LogP contribution in [0.4, 0.5) is 0 Å². The first-order chi connectivity index (χ1) is 18.8. The number of rotatable bonds is 13. The number of unbranched alkanes of at least 4 members (excludes halogenated alkanes) is 3. The Labute approximate surface area is 232 Å². The van der Waals surface area contributed by atoms with Crippen molar-refractivity contribution in [3.8, 4) is 11.5 Å². The zero-order valence-corrected chi connectivity index (χ0v) is 23.3. The number of allylic oxidation sites excluding steroid dienone is 1. The number of benzene rings is 2. The van der Waals surface area contributed by atoms with E-state index in [1.165, 1.54) is 6.08 Å². The summed E-state index contributed by atoms with van der Waals surface area (Å²) >= 11 is 0. The Morgan fingerprint density at radius 1 is 0.923 bits per heavy atom. The SMILES string of the molecule is C=CC(=O)OCCCCCCOc1ccc(C(=O)Oc2ccc(/C=C3/C(=O)[C@@H](C(C)C)CC[C@@H]3C)cc2)cc1. The van der Waals surface area contributed by atoms with Crippen LogP contribution in [-0.4, -0.2) is 30.9 Å². The van der Waals surface area contributed by atoms with Crippen LogP contribution in [0.3, 0.4) is 0 Å². The van der Waals surface area contributed by atoms with E-state index in [1.54, 1.807) is 36.4 Å². The molecule has 0 amide bonds. The Morgan fingerprint density at radius 2 is 1.56 bits per heavy atom. The maximum atomic E-state index is 13.0. The van der Waals surface area contributed by atoms with Gasteiger partial charge in [-0.05, 0) is 104 Å². The van der Waals surface area contributed by atoms with Crippen molar-refractivity contribution in [1.29, 1.82) is 0 Å². The normalized spacial score (nSPS) is 18.2. The van der Waals surface area contributed by atoms with Gasteiger partial charge in [-0.3, -0.25) is 4.79 Å². The second kappa shape index (κ2) is 15.1. The van der Waals surface area contributed by atoms with Crippen molar-refractivity contribution in [3.63, 3.8) is 0 Å². The molecule has 6 nitrogen and oxygen atoms in total. The first-order valence-electron chi connectivity index (χ1n) is 13.9. The molecule has 0 heterocycles. The third kappa shape index (κ3) is 9.24. The summed E-state index contributed by atoms with van der Waals surface area (Å²) in [5.41, 5.74) is 2.24. The monoisotopic (exact) mass is 532 g/mol.